The Balaban J connectivity index is 1.65. The van der Waals surface area contributed by atoms with Gasteiger partial charge in [-0.1, -0.05) is 19.3 Å². The van der Waals surface area contributed by atoms with Gasteiger partial charge in [0.15, 0.2) is 0 Å². The van der Waals surface area contributed by atoms with Crippen molar-refractivity contribution in [1.82, 2.24) is 10.3 Å². The number of piperidine rings is 1. The lowest BCUT2D eigenvalue weighted by molar-refractivity contribution is 0.160. The average molecular weight is 453 g/mol. The maximum Gasteiger partial charge on any atom is 0.369 e. The molecule has 0 radical (unpaired) electrons. The summed E-state index contributed by atoms with van der Waals surface area (Å²) < 4.78 is 0. The molecule has 2 heterocycles. The van der Waals surface area contributed by atoms with Crippen molar-refractivity contribution in [3.05, 3.63) is 34.9 Å². The van der Waals surface area contributed by atoms with Gasteiger partial charge in [-0.15, -0.1) is 0 Å². The number of nitrogens with one attached hydrogen (secondary N) is 2. The normalized spacial score (nSPS) is 22.7. The highest BCUT2D eigenvalue weighted by molar-refractivity contribution is 6.06. The number of rotatable bonds is 5. The highest BCUT2D eigenvalue weighted by Gasteiger charge is 2.33. The monoisotopic (exact) mass is 452 g/mol. The summed E-state index contributed by atoms with van der Waals surface area (Å²) in [5, 5.41) is 31.3. The van der Waals surface area contributed by atoms with Gasteiger partial charge in [-0.3, -0.25) is 5.41 Å². The molecular weight excluding hydrogens is 414 g/mol. The lowest BCUT2D eigenvalue weighted by Crippen LogP contribution is -2.54. The molecular formula is C26H38N5O2+. The molecule has 7 heteroatoms. The van der Waals surface area contributed by atoms with Gasteiger partial charge < -0.3 is 20.4 Å². The molecule has 33 heavy (non-hydrogen) atoms. The quantitative estimate of drug-likeness (QED) is 0.367. The third-order valence-electron chi connectivity index (χ3n) is 7.27. The molecule has 2 atom stereocenters. The van der Waals surface area contributed by atoms with Crippen molar-refractivity contribution >= 4 is 28.5 Å². The molecule has 1 aromatic carbocycles. The maximum atomic E-state index is 10.2. The molecule has 4 rings (SSSR count). The molecule has 2 unspecified atom stereocenters. The molecule has 1 aliphatic carbocycles. The van der Waals surface area contributed by atoms with Gasteiger partial charge in [-0.05, 0) is 69.4 Å². The van der Waals surface area contributed by atoms with Crippen molar-refractivity contribution in [1.29, 1.82) is 5.41 Å². The van der Waals surface area contributed by atoms with E-state index in [-0.39, 0.29) is 24.3 Å². The number of aliphatic hydroxyl groups is 1. The number of benzene rings is 1. The van der Waals surface area contributed by atoms with E-state index in [1.807, 2.05) is 6.07 Å². The lowest BCUT2D eigenvalue weighted by atomic mass is 9.89. The summed E-state index contributed by atoms with van der Waals surface area (Å²) >= 11 is 0. The smallest absolute Gasteiger partial charge is 0.369 e. The van der Waals surface area contributed by atoms with Crippen LogP contribution in [0.5, 0.6) is 0 Å². The van der Waals surface area contributed by atoms with Gasteiger partial charge in [-0.2, -0.15) is 4.99 Å². The van der Waals surface area contributed by atoms with E-state index in [1.54, 1.807) is 6.92 Å². The molecule has 5 N–H and O–H groups in total. The van der Waals surface area contributed by atoms with Crippen molar-refractivity contribution in [2.24, 2.45) is 10.9 Å². The molecule has 7 nitrogen and oxygen atoms in total. The SMILES string of the molecule is CC(=N)N=C([OH2+])c1cc2cc(C)c(C)cc2nc1N1CCC(NC2CCCCC2)C(CO)C1. The van der Waals surface area contributed by atoms with Crippen LogP contribution < -0.4 is 10.2 Å². The molecule has 178 valence electrons. The minimum absolute atomic E-state index is 0.0631. The highest BCUT2D eigenvalue weighted by Crippen LogP contribution is 2.30. The number of fused-ring (bicyclic) bond motifs is 1. The van der Waals surface area contributed by atoms with Gasteiger partial charge >= 0.3 is 5.90 Å². The summed E-state index contributed by atoms with van der Waals surface area (Å²) in [5.74, 6) is 1.01. The Morgan fingerprint density at radius 1 is 1.18 bits per heavy atom. The van der Waals surface area contributed by atoms with Crippen LogP contribution >= 0.6 is 0 Å². The zero-order valence-corrected chi connectivity index (χ0v) is 20.1. The van der Waals surface area contributed by atoms with E-state index < -0.39 is 0 Å². The Morgan fingerprint density at radius 2 is 1.91 bits per heavy atom. The van der Waals surface area contributed by atoms with E-state index in [2.05, 4.69) is 41.2 Å². The van der Waals surface area contributed by atoms with Crippen LogP contribution in [0.3, 0.4) is 0 Å². The van der Waals surface area contributed by atoms with Crippen molar-refractivity contribution in [2.75, 3.05) is 24.6 Å². The van der Waals surface area contributed by atoms with Gasteiger partial charge in [0, 0.05) is 43.1 Å². The minimum atomic E-state index is 0.0631. The number of amidine groups is 1. The van der Waals surface area contributed by atoms with Crippen LogP contribution in [0.25, 0.3) is 10.9 Å². The maximum absolute atomic E-state index is 10.2. The molecule has 0 spiro atoms. The number of hydrogen-bond donors (Lipinski definition) is 3. The number of aliphatic hydroxyl groups excluding tert-OH is 1. The zero-order chi connectivity index (χ0) is 23.5. The van der Waals surface area contributed by atoms with Crippen LogP contribution in [-0.4, -0.2) is 58.7 Å². The van der Waals surface area contributed by atoms with Crippen LogP contribution in [0.2, 0.25) is 0 Å². The number of nitrogens with zero attached hydrogens (tertiary/aromatic N) is 3. The molecule has 0 amide bonds. The first kappa shape index (κ1) is 23.6. The summed E-state index contributed by atoms with van der Waals surface area (Å²) in [7, 11) is 0. The Bertz CT molecular complexity index is 1040. The average Bonchev–Trinajstić information content (AvgIpc) is 2.79. The fraction of sp³-hybridized carbons (Fsp3) is 0.577. The van der Waals surface area contributed by atoms with Crippen molar-refractivity contribution < 1.29 is 10.2 Å². The Morgan fingerprint density at radius 3 is 2.61 bits per heavy atom. The number of aliphatic imine (C=N–C) groups is 1. The Kier molecular flexibility index (Phi) is 7.29. The second-order valence-electron chi connectivity index (χ2n) is 9.82. The van der Waals surface area contributed by atoms with E-state index in [4.69, 9.17) is 15.5 Å². The molecule has 1 aliphatic heterocycles. The van der Waals surface area contributed by atoms with Gasteiger partial charge in [0.2, 0.25) is 0 Å². The summed E-state index contributed by atoms with van der Waals surface area (Å²) in [6, 6.07) is 7.05. The molecule has 2 aromatic rings. The number of hydrogen-bond acceptors (Lipinski definition) is 5. The van der Waals surface area contributed by atoms with Gasteiger partial charge in [-0.25, -0.2) is 4.98 Å². The van der Waals surface area contributed by atoms with Crippen LogP contribution in [0.1, 0.15) is 62.1 Å². The summed E-state index contributed by atoms with van der Waals surface area (Å²) in [6.07, 6.45) is 7.32. The summed E-state index contributed by atoms with van der Waals surface area (Å²) in [4.78, 5) is 11.3. The summed E-state index contributed by atoms with van der Waals surface area (Å²) in [6.45, 7) is 7.38. The molecule has 2 fully saturated rings. The van der Waals surface area contributed by atoms with Crippen LogP contribution in [0.15, 0.2) is 23.2 Å². The predicted octanol–water partition coefficient (Wildman–Crippen LogP) is 3.43. The van der Waals surface area contributed by atoms with E-state index in [0.29, 0.717) is 24.2 Å². The van der Waals surface area contributed by atoms with Crippen LogP contribution in [0.4, 0.5) is 5.82 Å². The van der Waals surface area contributed by atoms with Crippen LogP contribution in [-0.2, 0) is 0 Å². The first-order valence-electron chi connectivity index (χ1n) is 12.3. The molecule has 1 aromatic heterocycles. The van der Waals surface area contributed by atoms with E-state index in [1.165, 1.54) is 43.2 Å². The summed E-state index contributed by atoms with van der Waals surface area (Å²) in [5.41, 5.74) is 3.92. The third-order valence-corrected chi connectivity index (χ3v) is 7.27. The number of anilines is 1. The fourth-order valence-corrected chi connectivity index (χ4v) is 5.27. The van der Waals surface area contributed by atoms with Crippen LogP contribution in [0, 0.1) is 25.2 Å². The van der Waals surface area contributed by atoms with Gasteiger partial charge in [0.25, 0.3) is 0 Å². The second kappa shape index (κ2) is 10.2. The molecule has 1 saturated carbocycles. The largest absolute Gasteiger partial charge is 0.578 e. The lowest BCUT2D eigenvalue weighted by Gasteiger charge is -2.41. The first-order valence-corrected chi connectivity index (χ1v) is 12.3. The van der Waals surface area contributed by atoms with Gasteiger partial charge in [0.1, 0.15) is 17.2 Å². The number of aryl methyl sites for hydroxylation is 2. The number of pyridine rings is 1. The second-order valence-corrected chi connectivity index (χ2v) is 9.82. The third kappa shape index (κ3) is 5.36. The Hall–Kier alpha value is -2.51. The highest BCUT2D eigenvalue weighted by atomic mass is 16.3. The van der Waals surface area contributed by atoms with Crippen molar-refractivity contribution in [2.45, 2.75) is 71.4 Å². The van der Waals surface area contributed by atoms with Crippen molar-refractivity contribution in [3.8, 4) is 0 Å². The predicted molar refractivity (Wildman–Crippen MR) is 136 cm³/mol. The zero-order valence-electron chi connectivity index (χ0n) is 20.1. The van der Waals surface area contributed by atoms with E-state index in [0.717, 1.165) is 29.7 Å². The molecule has 1 saturated heterocycles. The van der Waals surface area contributed by atoms with Gasteiger partial charge in [0.05, 0.1) is 5.52 Å². The van der Waals surface area contributed by atoms with Crippen molar-refractivity contribution in [3.63, 3.8) is 0 Å². The Labute approximate surface area is 196 Å². The molecule has 2 aliphatic rings. The number of aromatic nitrogens is 1. The fourth-order valence-electron chi connectivity index (χ4n) is 5.27. The van der Waals surface area contributed by atoms with E-state index >= 15 is 0 Å². The minimum Gasteiger partial charge on any atom is -0.578 e. The molecule has 0 bridgehead atoms. The standard InChI is InChI=1S/C26H37N5O2/c1-16-11-19-13-22(26(33)28-18(3)27)25(30-24(19)12-17(16)2)31-10-9-23(20(14-31)15-32)29-21-7-5-4-6-8-21/h11-13,20-21,23,29,32H,4-10,14-15H2,1-3H3,(H2,27,28,33)/p+1. The first-order chi connectivity index (χ1) is 15.9. The topological polar surface area (TPSA) is 108 Å². The van der Waals surface area contributed by atoms with E-state index in [9.17, 15) is 5.11 Å².